The summed E-state index contributed by atoms with van der Waals surface area (Å²) in [5.41, 5.74) is 0. The molecule has 1 fully saturated rings. The average Bonchev–Trinajstić information content (AvgIpc) is 2.90. The number of hydrogen-bond donors (Lipinski definition) is 1. The van der Waals surface area contributed by atoms with E-state index in [2.05, 4.69) is 4.37 Å². The number of ether oxygens (including phenoxy) is 1. The van der Waals surface area contributed by atoms with Gasteiger partial charge in [0.2, 0.25) is 0 Å². The highest BCUT2D eigenvalue weighted by molar-refractivity contribution is 7.91. The largest absolute Gasteiger partial charge is 0.405 e. The number of nitrogens with zero attached hydrogens (tertiary/aromatic N) is 1. The van der Waals surface area contributed by atoms with Crippen LogP contribution in [0.2, 0.25) is 0 Å². The molecule has 1 atom stereocenters. The first-order valence-electron chi connectivity index (χ1n) is 5.88. The number of alkyl halides is 3. The first-order chi connectivity index (χ1) is 9.31. The molecule has 0 aliphatic carbocycles. The quantitative estimate of drug-likeness (QED) is 0.914. The first-order valence-corrected chi connectivity index (χ1v) is 8.14. The lowest BCUT2D eigenvalue weighted by molar-refractivity contribution is -0.169. The van der Waals surface area contributed by atoms with Crippen molar-refractivity contribution in [3.05, 3.63) is 12.3 Å². The van der Waals surface area contributed by atoms with E-state index in [-0.39, 0.29) is 30.3 Å². The van der Waals surface area contributed by atoms with Crippen molar-refractivity contribution < 1.29 is 26.3 Å². The fourth-order valence-corrected chi connectivity index (χ4v) is 4.08. The molecule has 1 aliphatic heterocycles. The predicted molar refractivity (Wildman–Crippen MR) is 65.8 cm³/mol. The molecular formula is C10H13F3N2O3S2. The molecule has 0 amide bonds. The van der Waals surface area contributed by atoms with Crippen molar-refractivity contribution in [3.8, 4) is 0 Å². The predicted octanol–water partition coefficient (Wildman–Crippen LogP) is 1.78. The average molecular weight is 330 g/mol. The van der Waals surface area contributed by atoms with Crippen molar-refractivity contribution in [2.75, 3.05) is 13.2 Å². The summed E-state index contributed by atoms with van der Waals surface area (Å²) in [7, 11) is -4.20. The fourth-order valence-electron chi connectivity index (χ4n) is 2.05. The van der Waals surface area contributed by atoms with Crippen molar-refractivity contribution in [1.29, 1.82) is 0 Å². The minimum atomic E-state index is -4.64. The molecule has 1 aliphatic rings. The Morgan fingerprint density at radius 1 is 1.40 bits per heavy atom. The molecule has 2 heterocycles. The van der Waals surface area contributed by atoms with Crippen molar-refractivity contribution >= 4 is 21.6 Å². The zero-order valence-corrected chi connectivity index (χ0v) is 11.9. The number of halogens is 3. The van der Waals surface area contributed by atoms with Crippen LogP contribution in [0, 0.1) is 5.92 Å². The summed E-state index contributed by atoms with van der Waals surface area (Å²) in [5, 5.41) is 0. The third-order valence-corrected chi connectivity index (χ3v) is 5.71. The van der Waals surface area contributed by atoms with E-state index in [4.69, 9.17) is 4.74 Å². The third-order valence-electron chi connectivity index (χ3n) is 3.05. The van der Waals surface area contributed by atoms with Gasteiger partial charge in [-0.1, -0.05) is 0 Å². The van der Waals surface area contributed by atoms with Crippen LogP contribution in [0.5, 0.6) is 0 Å². The van der Waals surface area contributed by atoms with E-state index in [0.29, 0.717) is 11.5 Å². The number of hydrogen-bond acceptors (Lipinski definition) is 5. The molecule has 1 saturated heterocycles. The zero-order chi connectivity index (χ0) is 14.8. The molecule has 1 aromatic rings. The Morgan fingerprint density at radius 3 is 2.55 bits per heavy atom. The van der Waals surface area contributed by atoms with E-state index in [9.17, 15) is 21.6 Å². The standard InChI is InChI=1S/C10H13F3N2O3S2/c11-10(12,13)9(7-2-5-18-6-3-7)15-20(16,17)8-1-4-14-19-8/h1,4,7,9,15H,2-3,5-6H2/t9-/m1/s1. The van der Waals surface area contributed by atoms with Crippen molar-refractivity contribution in [2.45, 2.75) is 29.3 Å². The third kappa shape index (κ3) is 3.68. The Labute approximate surface area is 118 Å². The van der Waals surface area contributed by atoms with Gasteiger partial charge in [-0.25, -0.2) is 8.42 Å². The van der Waals surface area contributed by atoms with Crippen LogP contribution in [0.1, 0.15) is 12.8 Å². The van der Waals surface area contributed by atoms with E-state index in [1.807, 2.05) is 0 Å². The Bertz CT molecular complexity index is 524. The Balaban J connectivity index is 2.20. The summed E-state index contributed by atoms with van der Waals surface area (Å²) in [6.45, 7) is 0.416. The van der Waals surface area contributed by atoms with Crippen LogP contribution in [0.25, 0.3) is 0 Å². The molecule has 0 saturated carbocycles. The van der Waals surface area contributed by atoms with Gasteiger partial charge in [-0.15, -0.1) is 0 Å². The monoisotopic (exact) mass is 330 g/mol. The van der Waals surface area contributed by atoms with Crippen LogP contribution in [-0.2, 0) is 14.8 Å². The van der Waals surface area contributed by atoms with Gasteiger partial charge in [-0.2, -0.15) is 22.3 Å². The van der Waals surface area contributed by atoms with Crippen LogP contribution < -0.4 is 4.72 Å². The van der Waals surface area contributed by atoms with Crippen LogP contribution >= 0.6 is 11.5 Å². The molecule has 1 N–H and O–H groups in total. The van der Waals surface area contributed by atoms with E-state index in [0.717, 1.165) is 0 Å². The van der Waals surface area contributed by atoms with Crippen molar-refractivity contribution in [1.82, 2.24) is 9.10 Å². The first kappa shape index (κ1) is 15.7. The molecule has 2 rings (SSSR count). The molecule has 10 heteroatoms. The number of aromatic nitrogens is 1. The molecule has 20 heavy (non-hydrogen) atoms. The second-order valence-corrected chi connectivity index (χ2v) is 7.20. The molecule has 1 aromatic heterocycles. The molecule has 0 unspecified atom stereocenters. The molecule has 0 bridgehead atoms. The Morgan fingerprint density at radius 2 is 2.05 bits per heavy atom. The fraction of sp³-hybridized carbons (Fsp3) is 0.700. The maximum atomic E-state index is 13.1. The minimum Gasteiger partial charge on any atom is -0.381 e. The van der Waals surface area contributed by atoms with Crippen LogP contribution in [-0.4, -0.2) is 38.2 Å². The number of sulfonamides is 1. The minimum absolute atomic E-state index is 0.176. The normalized spacial score (nSPS) is 19.9. The highest BCUT2D eigenvalue weighted by Gasteiger charge is 2.47. The van der Waals surface area contributed by atoms with Gasteiger partial charge in [0.15, 0.2) is 4.21 Å². The Hall–Kier alpha value is -0.710. The molecule has 114 valence electrons. The maximum Gasteiger partial charge on any atom is 0.405 e. The van der Waals surface area contributed by atoms with Gasteiger partial charge < -0.3 is 4.74 Å². The van der Waals surface area contributed by atoms with E-state index >= 15 is 0 Å². The second kappa shape index (κ2) is 5.96. The molecule has 5 nitrogen and oxygen atoms in total. The lowest BCUT2D eigenvalue weighted by Crippen LogP contribution is -2.51. The van der Waals surface area contributed by atoms with Gasteiger partial charge in [0, 0.05) is 19.4 Å². The van der Waals surface area contributed by atoms with Crippen molar-refractivity contribution in [2.24, 2.45) is 5.92 Å². The lowest BCUT2D eigenvalue weighted by atomic mass is 9.92. The number of nitrogens with one attached hydrogen (secondary N) is 1. The second-order valence-electron chi connectivity index (χ2n) is 4.42. The van der Waals surface area contributed by atoms with Crippen LogP contribution in [0.4, 0.5) is 13.2 Å². The smallest absolute Gasteiger partial charge is 0.381 e. The Kier molecular flexibility index (Phi) is 4.67. The summed E-state index contributed by atoms with van der Waals surface area (Å²) in [6, 6.07) is -0.928. The van der Waals surface area contributed by atoms with Gasteiger partial charge in [0.1, 0.15) is 6.04 Å². The van der Waals surface area contributed by atoms with Crippen LogP contribution in [0.3, 0.4) is 0 Å². The summed E-state index contributed by atoms with van der Waals surface area (Å²) in [4.78, 5) is 0. The maximum absolute atomic E-state index is 13.1. The highest BCUT2D eigenvalue weighted by atomic mass is 32.2. The molecule has 0 spiro atoms. The molecule has 0 radical (unpaired) electrons. The lowest BCUT2D eigenvalue weighted by Gasteiger charge is -2.31. The summed E-state index contributed by atoms with van der Waals surface area (Å²) < 4.78 is 73.3. The van der Waals surface area contributed by atoms with Gasteiger partial charge >= 0.3 is 6.18 Å². The number of rotatable bonds is 4. The SMILES string of the molecule is O=S(=O)(N[C@H](C1CCOCC1)C(F)(F)F)c1ccns1. The van der Waals surface area contributed by atoms with Gasteiger partial charge in [0.05, 0.1) is 0 Å². The zero-order valence-electron chi connectivity index (χ0n) is 10.3. The summed E-state index contributed by atoms with van der Waals surface area (Å²) in [5.74, 6) is -0.813. The van der Waals surface area contributed by atoms with E-state index in [1.165, 1.54) is 12.3 Å². The highest BCUT2D eigenvalue weighted by Crippen LogP contribution is 2.32. The van der Waals surface area contributed by atoms with E-state index in [1.54, 1.807) is 4.72 Å². The summed E-state index contributed by atoms with van der Waals surface area (Å²) >= 11 is 0.637. The van der Waals surface area contributed by atoms with Crippen LogP contribution in [0.15, 0.2) is 16.5 Å². The van der Waals surface area contributed by atoms with Gasteiger partial charge in [0.25, 0.3) is 10.0 Å². The van der Waals surface area contributed by atoms with Gasteiger partial charge in [-0.3, -0.25) is 0 Å². The van der Waals surface area contributed by atoms with E-state index < -0.39 is 28.2 Å². The summed E-state index contributed by atoms with van der Waals surface area (Å²) in [6.07, 6.45) is -3.05. The van der Waals surface area contributed by atoms with Crippen molar-refractivity contribution in [3.63, 3.8) is 0 Å². The topological polar surface area (TPSA) is 68.3 Å². The van der Waals surface area contributed by atoms with Gasteiger partial charge in [-0.05, 0) is 36.4 Å². The molecule has 0 aromatic carbocycles. The molecular weight excluding hydrogens is 317 g/mol.